The van der Waals surface area contributed by atoms with E-state index in [0.29, 0.717) is 0 Å². The normalized spacial score (nSPS) is 12.9. The second-order valence-corrected chi connectivity index (χ2v) is 5.58. The van der Waals surface area contributed by atoms with E-state index in [0.717, 1.165) is 12.2 Å². The minimum Gasteiger partial charge on any atom is -0.305 e. The van der Waals surface area contributed by atoms with Crippen LogP contribution in [0.5, 0.6) is 0 Å². The fourth-order valence-corrected chi connectivity index (χ4v) is 3.02. The zero-order chi connectivity index (χ0) is 12.4. The van der Waals surface area contributed by atoms with Gasteiger partial charge in [-0.3, -0.25) is 4.68 Å². The largest absolute Gasteiger partial charge is 0.305 e. The van der Waals surface area contributed by atoms with Crippen molar-refractivity contribution in [2.75, 3.05) is 6.54 Å². The molecule has 4 heteroatoms. The molecule has 3 nitrogen and oxygen atoms in total. The summed E-state index contributed by atoms with van der Waals surface area (Å²) < 4.78 is 1.85. The molecule has 0 fully saturated rings. The zero-order valence-corrected chi connectivity index (χ0v) is 11.6. The van der Waals surface area contributed by atoms with Gasteiger partial charge in [-0.1, -0.05) is 6.92 Å². The van der Waals surface area contributed by atoms with Crippen LogP contribution in [0.1, 0.15) is 34.0 Å². The van der Waals surface area contributed by atoms with Gasteiger partial charge in [-0.15, -0.1) is 11.3 Å². The van der Waals surface area contributed by atoms with Gasteiger partial charge in [0.15, 0.2) is 0 Å². The first-order valence-corrected chi connectivity index (χ1v) is 6.73. The van der Waals surface area contributed by atoms with E-state index in [1.54, 1.807) is 0 Å². The summed E-state index contributed by atoms with van der Waals surface area (Å²) in [6.45, 7) is 7.40. The highest BCUT2D eigenvalue weighted by Crippen LogP contribution is 2.29. The standard InChI is InChI=1S/C13H19N3S/c1-5-14-13(11-6-7-16(4)15-11)12-8-9(2)10(3)17-12/h6-8,13-14H,5H2,1-4H3. The maximum atomic E-state index is 4.51. The van der Waals surface area contributed by atoms with Gasteiger partial charge < -0.3 is 5.32 Å². The third-order valence-electron chi connectivity index (χ3n) is 2.91. The van der Waals surface area contributed by atoms with Gasteiger partial charge >= 0.3 is 0 Å². The molecule has 0 aliphatic heterocycles. The Morgan fingerprint density at radius 3 is 2.71 bits per heavy atom. The summed E-state index contributed by atoms with van der Waals surface area (Å²) in [4.78, 5) is 2.74. The van der Waals surface area contributed by atoms with Crippen LogP contribution in [0.2, 0.25) is 0 Å². The predicted molar refractivity (Wildman–Crippen MR) is 72.5 cm³/mol. The van der Waals surface area contributed by atoms with Gasteiger partial charge in [0.25, 0.3) is 0 Å². The van der Waals surface area contributed by atoms with Crippen molar-refractivity contribution in [1.82, 2.24) is 15.1 Å². The van der Waals surface area contributed by atoms with Crippen molar-refractivity contribution in [1.29, 1.82) is 0 Å². The minimum absolute atomic E-state index is 0.221. The number of rotatable bonds is 4. The Kier molecular flexibility index (Phi) is 3.64. The molecule has 0 bridgehead atoms. The van der Waals surface area contributed by atoms with Crippen LogP contribution in [0, 0.1) is 13.8 Å². The first kappa shape index (κ1) is 12.3. The summed E-state index contributed by atoms with van der Waals surface area (Å²) in [5, 5.41) is 8.01. The number of aryl methyl sites for hydroxylation is 3. The molecule has 0 spiro atoms. The summed E-state index contributed by atoms with van der Waals surface area (Å²) in [7, 11) is 1.96. The van der Waals surface area contributed by atoms with Crippen LogP contribution in [0.15, 0.2) is 18.3 Å². The highest BCUT2D eigenvalue weighted by atomic mass is 32.1. The fourth-order valence-electron chi connectivity index (χ4n) is 1.89. The van der Waals surface area contributed by atoms with Crippen LogP contribution in [-0.2, 0) is 7.05 Å². The van der Waals surface area contributed by atoms with Crippen LogP contribution in [0.4, 0.5) is 0 Å². The monoisotopic (exact) mass is 249 g/mol. The summed E-state index contributed by atoms with van der Waals surface area (Å²) in [6.07, 6.45) is 1.99. The molecule has 0 aliphatic carbocycles. The molecule has 1 unspecified atom stereocenters. The lowest BCUT2D eigenvalue weighted by atomic mass is 10.1. The van der Waals surface area contributed by atoms with Crippen molar-refractivity contribution in [3.05, 3.63) is 39.3 Å². The highest BCUT2D eigenvalue weighted by molar-refractivity contribution is 7.12. The fraction of sp³-hybridized carbons (Fsp3) is 0.462. The second kappa shape index (κ2) is 5.02. The number of thiophene rings is 1. The molecule has 0 saturated heterocycles. The molecule has 0 aliphatic rings. The number of nitrogens with one attached hydrogen (secondary N) is 1. The van der Waals surface area contributed by atoms with E-state index in [-0.39, 0.29) is 6.04 Å². The van der Waals surface area contributed by atoms with E-state index >= 15 is 0 Å². The Morgan fingerprint density at radius 2 is 2.24 bits per heavy atom. The maximum absolute atomic E-state index is 4.51. The van der Waals surface area contributed by atoms with Gasteiger partial charge in [-0.05, 0) is 38.1 Å². The molecule has 1 N–H and O–H groups in total. The van der Waals surface area contributed by atoms with Crippen LogP contribution in [0.3, 0.4) is 0 Å². The van der Waals surface area contributed by atoms with Crippen LogP contribution in [-0.4, -0.2) is 16.3 Å². The highest BCUT2D eigenvalue weighted by Gasteiger charge is 2.18. The minimum atomic E-state index is 0.221. The summed E-state index contributed by atoms with van der Waals surface area (Å²) >= 11 is 1.85. The first-order valence-electron chi connectivity index (χ1n) is 5.91. The molecule has 92 valence electrons. The molecule has 2 rings (SSSR count). The number of hydrogen-bond acceptors (Lipinski definition) is 3. The molecular weight excluding hydrogens is 230 g/mol. The van der Waals surface area contributed by atoms with Crippen molar-refractivity contribution < 1.29 is 0 Å². The first-order chi connectivity index (χ1) is 8.11. The Hall–Kier alpha value is -1.13. The molecule has 0 aromatic carbocycles. The van der Waals surface area contributed by atoms with Gasteiger partial charge in [0.2, 0.25) is 0 Å². The number of nitrogens with zero attached hydrogens (tertiary/aromatic N) is 2. The molecule has 2 aromatic heterocycles. The van der Waals surface area contributed by atoms with E-state index in [4.69, 9.17) is 0 Å². The Balaban J connectivity index is 2.34. The molecule has 2 aromatic rings. The molecule has 0 saturated carbocycles. The quantitative estimate of drug-likeness (QED) is 0.903. The van der Waals surface area contributed by atoms with Gasteiger partial charge in [-0.2, -0.15) is 5.10 Å². The van der Waals surface area contributed by atoms with Crippen LogP contribution < -0.4 is 5.32 Å². The topological polar surface area (TPSA) is 29.9 Å². The van der Waals surface area contributed by atoms with Gasteiger partial charge in [0, 0.05) is 23.0 Å². The average Bonchev–Trinajstić information content (AvgIpc) is 2.83. The molecule has 17 heavy (non-hydrogen) atoms. The van der Waals surface area contributed by atoms with E-state index in [2.05, 4.69) is 43.3 Å². The lowest BCUT2D eigenvalue weighted by Gasteiger charge is -2.13. The summed E-state index contributed by atoms with van der Waals surface area (Å²) in [6, 6.07) is 4.57. The third-order valence-corrected chi connectivity index (χ3v) is 4.13. The van der Waals surface area contributed by atoms with Crippen molar-refractivity contribution >= 4 is 11.3 Å². The van der Waals surface area contributed by atoms with E-state index in [1.165, 1.54) is 15.3 Å². The van der Waals surface area contributed by atoms with Gasteiger partial charge in [0.1, 0.15) is 0 Å². The Morgan fingerprint density at radius 1 is 1.47 bits per heavy atom. The maximum Gasteiger partial charge on any atom is 0.0863 e. The number of hydrogen-bond donors (Lipinski definition) is 1. The molecule has 0 radical (unpaired) electrons. The molecule has 0 amide bonds. The third kappa shape index (κ3) is 2.58. The van der Waals surface area contributed by atoms with E-state index < -0.39 is 0 Å². The number of aromatic nitrogens is 2. The van der Waals surface area contributed by atoms with E-state index in [1.807, 2.05) is 29.3 Å². The van der Waals surface area contributed by atoms with Crippen LogP contribution in [0.25, 0.3) is 0 Å². The molecule has 1 atom stereocenters. The summed E-state index contributed by atoms with van der Waals surface area (Å²) in [5.41, 5.74) is 2.46. The second-order valence-electron chi connectivity index (χ2n) is 4.29. The molecule has 2 heterocycles. The molecular formula is C13H19N3S. The lowest BCUT2D eigenvalue weighted by Crippen LogP contribution is -2.21. The van der Waals surface area contributed by atoms with Crippen molar-refractivity contribution in [2.24, 2.45) is 7.05 Å². The van der Waals surface area contributed by atoms with Crippen molar-refractivity contribution in [2.45, 2.75) is 26.8 Å². The van der Waals surface area contributed by atoms with Crippen molar-refractivity contribution in [3.8, 4) is 0 Å². The van der Waals surface area contributed by atoms with Crippen molar-refractivity contribution in [3.63, 3.8) is 0 Å². The summed E-state index contributed by atoms with van der Waals surface area (Å²) in [5.74, 6) is 0. The average molecular weight is 249 g/mol. The van der Waals surface area contributed by atoms with Gasteiger partial charge in [-0.25, -0.2) is 0 Å². The SMILES string of the molecule is CCNC(c1ccn(C)n1)c1cc(C)c(C)s1. The zero-order valence-electron chi connectivity index (χ0n) is 10.8. The smallest absolute Gasteiger partial charge is 0.0863 e. The lowest BCUT2D eigenvalue weighted by molar-refractivity contribution is 0.607. The van der Waals surface area contributed by atoms with Crippen LogP contribution >= 0.6 is 11.3 Å². The Labute approximate surface area is 106 Å². The van der Waals surface area contributed by atoms with E-state index in [9.17, 15) is 0 Å². The van der Waals surface area contributed by atoms with Gasteiger partial charge in [0.05, 0.1) is 11.7 Å². The predicted octanol–water partition coefficient (Wildman–Crippen LogP) is 2.80. The Bertz CT molecular complexity index is 479.